The van der Waals surface area contributed by atoms with Crippen LogP contribution in [0, 0.1) is 12.8 Å². The summed E-state index contributed by atoms with van der Waals surface area (Å²) in [6, 6.07) is 13.5. The van der Waals surface area contributed by atoms with Gasteiger partial charge in [0.2, 0.25) is 0 Å². The van der Waals surface area contributed by atoms with Gasteiger partial charge in [-0.2, -0.15) is 0 Å². The fraction of sp³-hybridized carbons (Fsp3) is 0.310. The number of methoxy groups -OCH3 is 2. The number of carbonyl (C=O) groups is 2. The van der Waals surface area contributed by atoms with E-state index >= 15 is 0 Å². The predicted molar refractivity (Wildman–Crippen MR) is 143 cm³/mol. The number of hydrogen-bond acceptors (Lipinski definition) is 7. The zero-order valence-corrected chi connectivity index (χ0v) is 22.4. The Hall–Kier alpha value is -3.78. The monoisotopic (exact) mass is 521 g/mol. The zero-order chi connectivity index (χ0) is 26.7. The van der Waals surface area contributed by atoms with Crippen LogP contribution in [0.2, 0.25) is 0 Å². The molecule has 1 atom stereocenters. The fourth-order valence-electron chi connectivity index (χ4n) is 4.43. The molecule has 1 aromatic heterocycles. The Labute approximate surface area is 220 Å². The maximum absolute atomic E-state index is 13.4. The van der Waals surface area contributed by atoms with E-state index in [0.717, 1.165) is 10.4 Å². The van der Waals surface area contributed by atoms with Crippen molar-refractivity contribution in [2.24, 2.45) is 5.92 Å². The number of hydrogen-bond donors (Lipinski definition) is 1. The van der Waals surface area contributed by atoms with E-state index in [1.165, 1.54) is 30.5 Å². The molecule has 1 aliphatic heterocycles. The van der Waals surface area contributed by atoms with Gasteiger partial charge in [-0.05, 0) is 54.1 Å². The van der Waals surface area contributed by atoms with Crippen LogP contribution in [-0.2, 0) is 16.1 Å². The van der Waals surface area contributed by atoms with Gasteiger partial charge in [-0.3, -0.25) is 9.59 Å². The molecule has 1 unspecified atom stereocenters. The number of benzene rings is 2. The number of thiophene rings is 1. The van der Waals surface area contributed by atoms with Crippen molar-refractivity contribution >= 4 is 28.8 Å². The lowest BCUT2D eigenvalue weighted by atomic mass is 9.94. The number of rotatable bonds is 9. The molecular formula is C29H31NO6S. The van der Waals surface area contributed by atoms with Gasteiger partial charge < -0.3 is 24.2 Å². The SMILES string of the molecule is COc1cccc(C2/C(=C(\O)c3ccc(OCC(C)C)c(C)c3)C(=O)C(=O)N2Cc2cccs2)c1OC. The quantitative estimate of drug-likeness (QED) is 0.220. The average molecular weight is 522 g/mol. The smallest absolute Gasteiger partial charge is 0.295 e. The third-order valence-corrected chi connectivity index (χ3v) is 7.06. The third-order valence-electron chi connectivity index (χ3n) is 6.19. The minimum absolute atomic E-state index is 0.00311. The lowest BCUT2D eigenvalue weighted by Crippen LogP contribution is -2.29. The van der Waals surface area contributed by atoms with Gasteiger partial charge in [0.1, 0.15) is 11.5 Å². The van der Waals surface area contributed by atoms with Crippen LogP contribution in [0.15, 0.2) is 59.5 Å². The maximum atomic E-state index is 13.4. The van der Waals surface area contributed by atoms with Crippen LogP contribution in [0.1, 0.15) is 41.5 Å². The number of aliphatic hydroxyl groups is 1. The number of likely N-dealkylation sites (tertiary alicyclic amines) is 1. The van der Waals surface area contributed by atoms with Crippen molar-refractivity contribution in [3.63, 3.8) is 0 Å². The van der Waals surface area contributed by atoms with E-state index in [1.54, 1.807) is 36.4 Å². The molecule has 2 heterocycles. The summed E-state index contributed by atoms with van der Waals surface area (Å²) in [6.45, 7) is 6.79. The van der Waals surface area contributed by atoms with E-state index < -0.39 is 17.7 Å². The molecule has 1 aliphatic rings. The Morgan fingerprint density at radius 2 is 1.84 bits per heavy atom. The van der Waals surface area contributed by atoms with Crippen LogP contribution in [0.3, 0.4) is 0 Å². The Bertz CT molecular complexity index is 1330. The van der Waals surface area contributed by atoms with Crippen molar-refractivity contribution in [2.45, 2.75) is 33.4 Å². The molecule has 0 aliphatic carbocycles. The summed E-state index contributed by atoms with van der Waals surface area (Å²) in [7, 11) is 3.03. The van der Waals surface area contributed by atoms with E-state index in [4.69, 9.17) is 14.2 Å². The lowest BCUT2D eigenvalue weighted by molar-refractivity contribution is -0.140. The number of ether oxygens (including phenoxy) is 3. The molecule has 1 amide bonds. The van der Waals surface area contributed by atoms with E-state index in [0.29, 0.717) is 40.9 Å². The number of Topliss-reactive ketones (excluding diaryl/α,β-unsaturated/α-hetero) is 1. The summed E-state index contributed by atoms with van der Waals surface area (Å²) in [5, 5.41) is 13.4. The lowest BCUT2D eigenvalue weighted by Gasteiger charge is -2.27. The van der Waals surface area contributed by atoms with Crippen molar-refractivity contribution in [1.29, 1.82) is 0 Å². The van der Waals surface area contributed by atoms with Crippen LogP contribution in [0.4, 0.5) is 0 Å². The van der Waals surface area contributed by atoms with E-state index in [2.05, 4.69) is 13.8 Å². The fourth-order valence-corrected chi connectivity index (χ4v) is 5.14. The normalized spacial score (nSPS) is 16.9. The minimum Gasteiger partial charge on any atom is -0.507 e. The van der Waals surface area contributed by atoms with Crippen molar-refractivity contribution in [3.8, 4) is 17.2 Å². The van der Waals surface area contributed by atoms with Crippen molar-refractivity contribution in [1.82, 2.24) is 4.90 Å². The van der Waals surface area contributed by atoms with Gasteiger partial charge in [-0.25, -0.2) is 0 Å². The minimum atomic E-state index is -0.871. The predicted octanol–water partition coefficient (Wildman–Crippen LogP) is 5.73. The maximum Gasteiger partial charge on any atom is 0.295 e. The van der Waals surface area contributed by atoms with Gasteiger partial charge in [0.15, 0.2) is 11.5 Å². The second kappa shape index (κ2) is 11.1. The number of amides is 1. The molecule has 194 valence electrons. The van der Waals surface area contributed by atoms with Crippen LogP contribution in [0.5, 0.6) is 17.2 Å². The number of ketones is 1. The standard InChI is InChI=1S/C29H31NO6S/c1-17(2)16-36-22-12-11-19(14-18(22)3)26(31)24-25(21-9-6-10-23(34-4)28(21)35-5)30(29(33)27(24)32)15-20-8-7-13-37-20/h6-14,17,25,31H,15-16H2,1-5H3/b26-24+. The van der Waals surface area contributed by atoms with Crippen LogP contribution in [-0.4, -0.2) is 42.5 Å². The first kappa shape index (κ1) is 26.3. The van der Waals surface area contributed by atoms with E-state index in [9.17, 15) is 14.7 Å². The zero-order valence-electron chi connectivity index (χ0n) is 21.6. The molecule has 1 fully saturated rings. The summed E-state index contributed by atoms with van der Waals surface area (Å²) in [5.41, 5.74) is 1.79. The van der Waals surface area contributed by atoms with Gasteiger partial charge >= 0.3 is 0 Å². The van der Waals surface area contributed by atoms with Crippen LogP contribution >= 0.6 is 11.3 Å². The van der Waals surface area contributed by atoms with Crippen LogP contribution in [0.25, 0.3) is 5.76 Å². The van der Waals surface area contributed by atoms with Gasteiger partial charge in [-0.1, -0.05) is 32.0 Å². The summed E-state index contributed by atoms with van der Waals surface area (Å²) in [5.74, 6) is 0.247. The number of para-hydroxylation sites is 1. The van der Waals surface area contributed by atoms with Gasteiger partial charge in [0.05, 0.1) is 39.0 Å². The molecule has 4 rings (SSSR count). The second-order valence-electron chi connectivity index (χ2n) is 9.27. The molecule has 1 saturated heterocycles. The van der Waals surface area contributed by atoms with Gasteiger partial charge in [0, 0.05) is 16.0 Å². The summed E-state index contributed by atoms with van der Waals surface area (Å²) in [6.07, 6.45) is 0. The van der Waals surface area contributed by atoms with Crippen LogP contribution < -0.4 is 14.2 Å². The van der Waals surface area contributed by atoms with Gasteiger partial charge in [-0.15, -0.1) is 11.3 Å². The summed E-state index contributed by atoms with van der Waals surface area (Å²) in [4.78, 5) is 29.1. The first-order valence-electron chi connectivity index (χ1n) is 12.0. The Morgan fingerprint density at radius 1 is 1.05 bits per heavy atom. The Balaban J connectivity index is 1.86. The largest absolute Gasteiger partial charge is 0.507 e. The summed E-state index contributed by atoms with van der Waals surface area (Å²) >= 11 is 1.49. The molecule has 0 radical (unpaired) electrons. The first-order chi connectivity index (χ1) is 17.8. The second-order valence-corrected chi connectivity index (χ2v) is 10.3. The molecule has 7 nitrogen and oxygen atoms in total. The first-order valence-corrected chi connectivity index (χ1v) is 12.9. The molecule has 0 bridgehead atoms. The summed E-state index contributed by atoms with van der Waals surface area (Å²) < 4.78 is 17.0. The van der Waals surface area contributed by atoms with E-state index in [1.807, 2.05) is 24.4 Å². The van der Waals surface area contributed by atoms with Crippen molar-refractivity contribution < 1.29 is 28.9 Å². The molecule has 0 spiro atoms. The van der Waals surface area contributed by atoms with E-state index in [-0.39, 0.29) is 17.9 Å². The highest BCUT2D eigenvalue weighted by Gasteiger charge is 2.47. The molecule has 8 heteroatoms. The topological polar surface area (TPSA) is 85.3 Å². The molecule has 1 N–H and O–H groups in total. The molecular weight excluding hydrogens is 490 g/mol. The molecule has 0 saturated carbocycles. The number of nitrogens with zero attached hydrogens (tertiary/aromatic N) is 1. The number of aryl methyl sites for hydroxylation is 1. The number of carbonyl (C=O) groups excluding carboxylic acids is 2. The molecule has 3 aromatic rings. The molecule has 37 heavy (non-hydrogen) atoms. The highest BCUT2D eigenvalue weighted by Crippen LogP contribution is 2.46. The molecule has 2 aromatic carbocycles. The Morgan fingerprint density at radius 3 is 2.46 bits per heavy atom. The van der Waals surface area contributed by atoms with Gasteiger partial charge in [0.25, 0.3) is 11.7 Å². The average Bonchev–Trinajstić information content (AvgIpc) is 3.49. The van der Waals surface area contributed by atoms with Crippen molar-refractivity contribution in [2.75, 3.05) is 20.8 Å². The van der Waals surface area contributed by atoms with Crippen molar-refractivity contribution in [3.05, 3.63) is 81.1 Å². The Kier molecular flexibility index (Phi) is 7.88. The highest BCUT2D eigenvalue weighted by atomic mass is 32.1. The highest BCUT2D eigenvalue weighted by molar-refractivity contribution is 7.09. The third kappa shape index (κ3) is 5.20. The number of aliphatic hydroxyl groups excluding tert-OH is 1.